The Morgan fingerprint density at radius 1 is 1.24 bits per heavy atom. The van der Waals surface area contributed by atoms with E-state index in [9.17, 15) is 9.59 Å². The first-order valence-corrected chi connectivity index (χ1v) is 7.00. The lowest BCUT2D eigenvalue weighted by Gasteiger charge is -2.17. The number of para-hydroxylation sites is 1. The molecule has 1 aliphatic heterocycles. The number of hydrogen-bond acceptors (Lipinski definition) is 4. The molecule has 1 aliphatic rings. The third-order valence-corrected chi connectivity index (χ3v) is 3.69. The molecule has 0 aliphatic carbocycles. The number of ether oxygens (including phenoxy) is 1. The molecule has 1 fully saturated rings. The number of benzene rings is 1. The van der Waals surface area contributed by atoms with Crippen molar-refractivity contribution in [2.75, 3.05) is 32.6 Å². The molecule has 0 saturated carbocycles. The van der Waals surface area contributed by atoms with Gasteiger partial charge in [-0.2, -0.15) is 0 Å². The van der Waals surface area contributed by atoms with Crippen molar-refractivity contribution in [3.8, 4) is 0 Å². The second-order valence-corrected chi connectivity index (χ2v) is 5.04. The summed E-state index contributed by atoms with van der Waals surface area (Å²) in [5.74, 6) is -0.395. The molecule has 1 aromatic rings. The van der Waals surface area contributed by atoms with Gasteiger partial charge in [-0.15, -0.1) is 0 Å². The van der Waals surface area contributed by atoms with E-state index in [1.54, 1.807) is 13.1 Å². The maximum atomic E-state index is 12.4. The minimum Gasteiger partial charge on any atom is -0.379 e. The van der Waals surface area contributed by atoms with Crippen LogP contribution in [0.3, 0.4) is 0 Å². The van der Waals surface area contributed by atoms with E-state index in [2.05, 4.69) is 16.0 Å². The lowest BCUT2D eigenvalue weighted by molar-refractivity contribution is -0.121. The topological polar surface area (TPSA) is 79.5 Å². The van der Waals surface area contributed by atoms with Crippen LogP contribution in [-0.2, 0) is 20.7 Å². The van der Waals surface area contributed by atoms with Crippen LogP contribution in [0.1, 0.15) is 5.56 Å². The van der Waals surface area contributed by atoms with Crippen LogP contribution in [-0.4, -0.2) is 45.2 Å². The maximum Gasteiger partial charge on any atom is 0.231 e. The predicted octanol–water partition coefficient (Wildman–Crippen LogP) is 0.148. The van der Waals surface area contributed by atoms with Gasteiger partial charge in [-0.25, -0.2) is 0 Å². The molecule has 2 rings (SSSR count). The average molecular weight is 291 g/mol. The molecule has 6 heteroatoms. The van der Waals surface area contributed by atoms with Gasteiger partial charge in [0.05, 0.1) is 25.6 Å². The number of nitrogens with one attached hydrogen (secondary N) is 3. The van der Waals surface area contributed by atoms with Crippen molar-refractivity contribution in [3.63, 3.8) is 0 Å². The predicted molar refractivity (Wildman–Crippen MR) is 80.0 cm³/mol. The average Bonchev–Trinajstić information content (AvgIpc) is 2.97. The van der Waals surface area contributed by atoms with E-state index in [-0.39, 0.29) is 30.2 Å². The fourth-order valence-electron chi connectivity index (χ4n) is 2.38. The van der Waals surface area contributed by atoms with Crippen LogP contribution in [0.2, 0.25) is 0 Å². The minimum atomic E-state index is -0.219. The van der Waals surface area contributed by atoms with Crippen molar-refractivity contribution in [1.82, 2.24) is 10.6 Å². The number of amides is 2. The Balaban J connectivity index is 2.08. The summed E-state index contributed by atoms with van der Waals surface area (Å²) in [6, 6.07) is 7.36. The first kappa shape index (κ1) is 15.5. The molecule has 0 aromatic heterocycles. The molecule has 2 atom stereocenters. The minimum absolute atomic E-state index is 0.0242. The van der Waals surface area contributed by atoms with Gasteiger partial charge >= 0.3 is 0 Å². The highest BCUT2D eigenvalue weighted by Gasteiger charge is 2.33. The van der Waals surface area contributed by atoms with E-state index in [1.807, 2.05) is 25.2 Å². The SMILES string of the molecule is CNC(=O)Cc1ccccc1NC(=O)C1COCC1NC. The number of rotatable bonds is 5. The Labute approximate surface area is 124 Å². The van der Waals surface area contributed by atoms with Crippen molar-refractivity contribution in [2.45, 2.75) is 12.5 Å². The van der Waals surface area contributed by atoms with Crippen LogP contribution in [0.4, 0.5) is 5.69 Å². The Kier molecular flexibility index (Phi) is 5.30. The second kappa shape index (κ2) is 7.19. The molecule has 114 valence electrons. The van der Waals surface area contributed by atoms with Crippen molar-refractivity contribution >= 4 is 17.5 Å². The third kappa shape index (κ3) is 3.80. The van der Waals surface area contributed by atoms with Gasteiger partial charge < -0.3 is 20.7 Å². The van der Waals surface area contributed by atoms with E-state index in [0.29, 0.717) is 18.9 Å². The second-order valence-electron chi connectivity index (χ2n) is 5.04. The summed E-state index contributed by atoms with van der Waals surface area (Å²) in [7, 11) is 3.41. The normalized spacial score (nSPS) is 21.0. The first-order chi connectivity index (χ1) is 10.2. The molecule has 3 N–H and O–H groups in total. The molecule has 21 heavy (non-hydrogen) atoms. The van der Waals surface area contributed by atoms with Gasteiger partial charge in [0.1, 0.15) is 0 Å². The van der Waals surface area contributed by atoms with E-state index in [1.165, 1.54) is 0 Å². The number of carbonyl (C=O) groups is 2. The van der Waals surface area contributed by atoms with Crippen LogP contribution in [0.25, 0.3) is 0 Å². The Morgan fingerprint density at radius 2 is 2.00 bits per heavy atom. The molecular weight excluding hydrogens is 270 g/mol. The van der Waals surface area contributed by atoms with E-state index in [0.717, 1.165) is 5.56 Å². The highest BCUT2D eigenvalue weighted by atomic mass is 16.5. The van der Waals surface area contributed by atoms with E-state index >= 15 is 0 Å². The van der Waals surface area contributed by atoms with Crippen molar-refractivity contribution < 1.29 is 14.3 Å². The third-order valence-electron chi connectivity index (χ3n) is 3.69. The van der Waals surface area contributed by atoms with Crippen molar-refractivity contribution in [3.05, 3.63) is 29.8 Å². The lowest BCUT2D eigenvalue weighted by atomic mass is 10.0. The smallest absolute Gasteiger partial charge is 0.231 e. The standard InChI is InChI=1S/C15H21N3O3/c1-16-13-9-21-8-11(13)15(20)18-12-6-4-3-5-10(12)7-14(19)17-2/h3-6,11,13,16H,7-9H2,1-2H3,(H,17,19)(H,18,20). The summed E-state index contributed by atoms with van der Waals surface area (Å²) in [5.41, 5.74) is 1.47. The molecule has 1 heterocycles. The summed E-state index contributed by atoms with van der Waals surface area (Å²) >= 11 is 0. The van der Waals surface area contributed by atoms with E-state index in [4.69, 9.17) is 4.74 Å². The van der Waals surface area contributed by atoms with Gasteiger partial charge in [0.2, 0.25) is 11.8 Å². The molecule has 2 amide bonds. The van der Waals surface area contributed by atoms with Crippen molar-refractivity contribution in [2.24, 2.45) is 5.92 Å². The van der Waals surface area contributed by atoms with Gasteiger partial charge in [0, 0.05) is 18.8 Å². The molecule has 1 aromatic carbocycles. The molecular formula is C15H21N3O3. The van der Waals surface area contributed by atoms with E-state index < -0.39 is 0 Å². The summed E-state index contributed by atoms with van der Waals surface area (Å²) in [6.07, 6.45) is 0.240. The van der Waals surface area contributed by atoms with Crippen LogP contribution >= 0.6 is 0 Å². The molecule has 0 bridgehead atoms. The number of hydrogen-bond donors (Lipinski definition) is 3. The van der Waals surface area contributed by atoms with Crippen LogP contribution < -0.4 is 16.0 Å². The van der Waals surface area contributed by atoms with Crippen LogP contribution in [0.15, 0.2) is 24.3 Å². The molecule has 6 nitrogen and oxygen atoms in total. The lowest BCUT2D eigenvalue weighted by Crippen LogP contribution is -2.39. The Bertz CT molecular complexity index is 519. The largest absolute Gasteiger partial charge is 0.379 e. The zero-order valence-electron chi connectivity index (χ0n) is 12.3. The number of carbonyl (C=O) groups excluding carboxylic acids is 2. The van der Waals surface area contributed by atoms with Gasteiger partial charge in [0.15, 0.2) is 0 Å². The summed E-state index contributed by atoms with van der Waals surface area (Å²) in [4.78, 5) is 23.9. The zero-order chi connectivity index (χ0) is 15.2. The van der Waals surface area contributed by atoms with Crippen LogP contribution in [0, 0.1) is 5.92 Å². The summed E-state index contributed by atoms with van der Waals surface area (Å²) in [5, 5.41) is 8.58. The van der Waals surface area contributed by atoms with Gasteiger partial charge in [0.25, 0.3) is 0 Å². The molecule has 0 radical (unpaired) electrons. The molecule has 1 saturated heterocycles. The summed E-state index contributed by atoms with van der Waals surface area (Å²) < 4.78 is 5.34. The summed E-state index contributed by atoms with van der Waals surface area (Å²) in [6.45, 7) is 0.948. The maximum absolute atomic E-state index is 12.4. The zero-order valence-corrected chi connectivity index (χ0v) is 12.3. The Morgan fingerprint density at radius 3 is 2.71 bits per heavy atom. The quantitative estimate of drug-likeness (QED) is 0.721. The highest BCUT2D eigenvalue weighted by Crippen LogP contribution is 2.20. The fraction of sp³-hybridized carbons (Fsp3) is 0.467. The van der Waals surface area contributed by atoms with Gasteiger partial charge in [-0.05, 0) is 18.7 Å². The monoisotopic (exact) mass is 291 g/mol. The number of likely N-dealkylation sites (N-methyl/N-ethyl adjacent to an activating group) is 2. The van der Waals surface area contributed by atoms with Gasteiger partial charge in [-0.3, -0.25) is 9.59 Å². The van der Waals surface area contributed by atoms with Crippen LogP contribution in [0.5, 0.6) is 0 Å². The van der Waals surface area contributed by atoms with Gasteiger partial charge in [-0.1, -0.05) is 18.2 Å². The molecule has 0 spiro atoms. The van der Waals surface area contributed by atoms with Crippen molar-refractivity contribution in [1.29, 1.82) is 0 Å². The molecule has 2 unspecified atom stereocenters. The highest BCUT2D eigenvalue weighted by molar-refractivity contribution is 5.94. The number of anilines is 1. The first-order valence-electron chi connectivity index (χ1n) is 7.00. The fourth-order valence-corrected chi connectivity index (χ4v) is 2.38. The Hall–Kier alpha value is -1.92.